The number of benzene rings is 2. The number of anilines is 2. The minimum Gasteiger partial charge on any atom is -0.506 e. The van der Waals surface area contributed by atoms with Crippen molar-refractivity contribution in [1.29, 1.82) is 0 Å². The van der Waals surface area contributed by atoms with Gasteiger partial charge in [-0.2, -0.15) is 0 Å². The Bertz CT molecular complexity index is 753. The SMILES string of the molecule is Cc1ccccc1N1CN(C2CC2)c2c(O)cccc2C1=O. The number of aromatic hydroxyl groups is 1. The first-order chi connectivity index (χ1) is 10.7. The summed E-state index contributed by atoms with van der Waals surface area (Å²) >= 11 is 0. The quantitative estimate of drug-likeness (QED) is 0.924. The van der Waals surface area contributed by atoms with Crippen LogP contribution in [0, 0.1) is 6.92 Å². The molecule has 1 aliphatic carbocycles. The highest BCUT2D eigenvalue weighted by atomic mass is 16.3. The molecule has 4 heteroatoms. The van der Waals surface area contributed by atoms with Gasteiger partial charge in [0.25, 0.3) is 5.91 Å². The van der Waals surface area contributed by atoms with E-state index in [-0.39, 0.29) is 11.7 Å². The van der Waals surface area contributed by atoms with Crippen molar-refractivity contribution >= 4 is 17.3 Å². The fraction of sp³-hybridized carbons (Fsp3) is 0.278. The van der Waals surface area contributed by atoms with E-state index in [1.54, 1.807) is 18.2 Å². The maximum Gasteiger partial charge on any atom is 0.262 e. The third-order valence-electron chi connectivity index (χ3n) is 4.47. The summed E-state index contributed by atoms with van der Waals surface area (Å²) in [4.78, 5) is 16.9. The van der Waals surface area contributed by atoms with Crippen LogP contribution in [0.2, 0.25) is 0 Å². The Hall–Kier alpha value is -2.49. The zero-order valence-electron chi connectivity index (χ0n) is 12.5. The normalized spacial score (nSPS) is 17.6. The maximum absolute atomic E-state index is 12.9. The molecule has 4 nitrogen and oxygen atoms in total. The van der Waals surface area contributed by atoms with E-state index < -0.39 is 0 Å². The highest BCUT2D eigenvalue weighted by molar-refractivity contribution is 6.13. The zero-order chi connectivity index (χ0) is 15.3. The second-order valence-corrected chi connectivity index (χ2v) is 6.04. The Morgan fingerprint density at radius 3 is 2.59 bits per heavy atom. The topological polar surface area (TPSA) is 43.8 Å². The van der Waals surface area contributed by atoms with Gasteiger partial charge in [0.15, 0.2) is 0 Å². The van der Waals surface area contributed by atoms with Gasteiger partial charge in [-0.3, -0.25) is 9.69 Å². The van der Waals surface area contributed by atoms with Crippen molar-refractivity contribution in [2.24, 2.45) is 0 Å². The molecule has 1 N–H and O–H groups in total. The van der Waals surface area contributed by atoms with Gasteiger partial charge in [-0.1, -0.05) is 24.3 Å². The molecule has 1 heterocycles. The fourth-order valence-corrected chi connectivity index (χ4v) is 3.17. The largest absolute Gasteiger partial charge is 0.506 e. The molecular formula is C18H18N2O2. The highest BCUT2D eigenvalue weighted by Crippen LogP contribution is 2.43. The molecular weight excluding hydrogens is 276 g/mol. The van der Waals surface area contributed by atoms with Gasteiger partial charge < -0.3 is 10.0 Å². The van der Waals surface area contributed by atoms with Crippen LogP contribution in [0.4, 0.5) is 11.4 Å². The molecule has 0 unspecified atom stereocenters. The van der Waals surface area contributed by atoms with E-state index in [0.29, 0.717) is 24.0 Å². The van der Waals surface area contributed by atoms with Crippen molar-refractivity contribution in [3.63, 3.8) is 0 Å². The lowest BCUT2D eigenvalue weighted by atomic mass is 10.0. The molecule has 0 saturated heterocycles. The fourth-order valence-electron chi connectivity index (χ4n) is 3.17. The lowest BCUT2D eigenvalue weighted by Gasteiger charge is -2.39. The molecule has 0 radical (unpaired) electrons. The molecule has 22 heavy (non-hydrogen) atoms. The van der Waals surface area contributed by atoms with Crippen LogP contribution in [-0.2, 0) is 0 Å². The zero-order valence-corrected chi connectivity index (χ0v) is 12.5. The molecule has 4 rings (SSSR count). The maximum atomic E-state index is 12.9. The Labute approximate surface area is 129 Å². The van der Waals surface area contributed by atoms with Gasteiger partial charge >= 0.3 is 0 Å². The Kier molecular flexibility index (Phi) is 2.86. The highest BCUT2D eigenvalue weighted by Gasteiger charge is 2.39. The van der Waals surface area contributed by atoms with Crippen LogP contribution in [0.25, 0.3) is 0 Å². The van der Waals surface area contributed by atoms with E-state index in [2.05, 4.69) is 4.90 Å². The number of carbonyl (C=O) groups is 1. The first-order valence-corrected chi connectivity index (χ1v) is 7.63. The van der Waals surface area contributed by atoms with Crippen molar-refractivity contribution in [3.05, 3.63) is 53.6 Å². The average molecular weight is 294 g/mol. The van der Waals surface area contributed by atoms with Gasteiger partial charge in [0.05, 0.1) is 17.9 Å². The number of rotatable bonds is 2. The van der Waals surface area contributed by atoms with Crippen molar-refractivity contribution in [3.8, 4) is 5.75 Å². The van der Waals surface area contributed by atoms with Crippen molar-refractivity contribution in [2.75, 3.05) is 16.5 Å². The average Bonchev–Trinajstić information content (AvgIpc) is 3.34. The predicted octanol–water partition coefficient (Wildman–Crippen LogP) is 3.29. The number of amides is 1. The summed E-state index contributed by atoms with van der Waals surface area (Å²) in [6, 6.07) is 13.5. The van der Waals surface area contributed by atoms with E-state index >= 15 is 0 Å². The number of hydrogen-bond acceptors (Lipinski definition) is 3. The van der Waals surface area contributed by atoms with Gasteiger partial charge in [-0.15, -0.1) is 0 Å². The number of hydrogen-bond donors (Lipinski definition) is 1. The summed E-state index contributed by atoms with van der Waals surface area (Å²) in [5, 5.41) is 10.2. The summed E-state index contributed by atoms with van der Waals surface area (Å²) in [7, 11) is 0. The summed E-state index contributed by atoms with van der Waals surface area (Å²) < 4.78 is 0. The Morgan fingerprint density at radius 1 is 1.09 bits per heavy atom. The molecule has 1 amide bonds. The Balaban J connectivity index is 1.84. The van der Waals surface area contributed by atoms with Gasteiger partial charge in [0.2, 0.25) is 0 Å². The van der Waals surface area contributed by atoms with E-state index in [1.165, 1.54) is 0 Å². The molecule has 0 aromatic heterocycles. The second kappa shape index (κ2) is 4.77. The standard InChI is InChI=1S/C18H18N2O2/c1-12-5-2-3-7-15(12)20-11-19(13-9-10-13)17-14(18(20)22)6-4-8-16(17)21/h2-8,13,21H,9-11H2,1H3. The van der Waals surface area contributed by atoms with Crippen molar-refractivity contribution < 1.29 is 9.90 Å². The number of carbonyl (C=O) groups excluding carboxylic acids is 1. The lowest BCUT2D eigenvalue weighted by Crippen LogP contribution is -2.48. The van der Waals surface area contributed by atoms with E-state index in [9.17, 15) is 9.90 Å². The molecule has 2 aromatic rings. The number of aryl methyl sites for hydroxylation is 1. The van der Waals surface area contributed by atoms with Crippen LogP contribution in [-0.4, -0.2) is 23.7 Å². The molecule has 0 spiro atoms. The van der Waals surface area contributed by atoms with Crippen molar-refractivity contribution in [1.82, 2.24) is 0 Å². The van der Waals surface area contributed by atoms with Crippen LogP contribution < -0.4 is 9.80 Å². The minimum absolute atomic E-state index is 0.0444. The molecule has 2 aliphatic rings. The summed E-state index contributed by atoms with van der Waals surface area (Å²) in [6.07, 6.45) is 2.23. The third-order valence-corrected chi connectivity index (χ3v) is 4.47. The van der Waals surface area contributed by atoms with Gasteiger partial charge in [0.1, 0.15) is 5.75 Å². The van der Waals surface area contributed by atoms with Crippen LogP contribution >= 0.6 is 0 Å². The monoisotopic (exact) mass is 294 g/mol. The van der Waals surface area contributed by atoms with Crippen LogP contribution in [0.15, 0.2) is 42.5 Å². The first kappa shape index (κ1) is 13.2. The molecule has 1 saturated carbocycles. The molecule has 1 fully saturated rings. The summed E-state index contributed by atoms with van der Waals surface area (Å²) in [6.45, 7) is 2.51. The van der Waals surface area contributed by atoms with Gasteiger partial charge in [-0.05, 0) is 43.5 Å². The van der Waals surface area contributed by atoms with Crippen LogP contribution in [0.1, 0.15) is 28.8 Å². The number of nitrogens with zero attached hydrogens (tertiary/aromatic N) is 2. The number of para-hydroxylation sites is 2. The molecule has 112 valence electrons. The number of phenolic OH excluding ortho intramolecular Hbond substituents is 1. The van der Waals surface area contributed by atoms with Gasteiger partial charge in [-0.25, -0.2) is 0 Å². The predicted molar refractivity (Wildman–Crippen MR) is 86.5 cm³/mol. The summed E-state index contributed by atoms with van der Waals surface area (Å²) in [5.41, 5.74) is 3.29. The molecule has 0 atom stereocenters. The smallest absolute Gasteiger partial charge is 0.262 e. The van der Waals surface area contributed by atoms with Gasteiger partial charge in [0, 0.05) is 11.7 Å². The Morgan fingerprint density at radius 2 is 1.86 bits per heavy atom. The molecule has 2 aromatic carbocycles. The van der Waals surface area contributed by atoms with Crippen LogP contribution in [0.5, 0.6) is 5.75 Å². The number of fused-ring (bicyclic) bond motifs is 1. The second-order valence-electron chi connectivity index (χ2n) is 6.04. The van der Waals surface area contributed by atoms with Crippen LogP contribution in [0.3, 0.4) is 0 Å². The third kappa shape index (κ3) is 1.95. The first-order valence-electron chi connectivity index (χ1n) is 7.63. The van der Waals surface area contributed by atoms with E-state index in [4.69, 9.17) is 0 Å². The lowest BCUT2D eigenvalue weighted by molar-refractivity contribution is 0.0981. The van der Waals surface area contributed by atoms with E-state index in [0.717, 1.165) is 24.1 Å². The number of phenols is 1. The molecule has 1 aliphatic heterocycles. The molecule has 0 bridgehead atoms. The summed E-state index contributed by atoms with van der Waals surface area (Å²) in [5.74, 6) is 0.152. The van der Waals surface area contributed by atoms with Crippen molar-refractivity contribution in [2.45, 2.75) is 25.8 Å². The minimum atomic E-state index is -0.0444. The van der Waals surface area contributed by atoms with E-state index in [1.807, 2.05) is 36.1 Å².